The van der Waals surface area contributed by atoms with Crippen molar-refractivity contribution in [3.05, 3.63) is 95.6 Å². The lowest BCUT2D eigenvalue weighted by atomic mass is 9.77. The number of hydrogen-bond acceptors (Lipinski definition) is 1. The Morgan fingerprint density at radius 3 is 2.25 bits per heavy atom. The summed E-state index contributed by atoms with van der Waals surface area (Å²) in [6, 6.07) is 27.1. The fraction of sp³-hybridized carbons (Fsp3) is 0.182. The molecule has 2 bridgehead atoms. The molecule has 1 aliphatic heterocycles. The lowest BCUT2D eigenvalue weighted by Crippen LogP contribution is -2.35. The molecule has 0 unspecified atom stereocenters. The SMILES string of the molecule is C[C@]12C[C@@H](c3ccccc31)[P@](=O)(c1ccccc1)c1ccccc12. The van der Waals surface area contributed by atoms with Crippen LogP contribution in [0.2, 0.25) is 0 Å². The van der Waals surface area contributed by atoms with E-state index in [2.05, 4.69) is 49.4 Å². The van der Waals surface area contributed by atoms with Gasteiger partial charge in [-0.3, -0.25) is 0 Å². The third kappa shape index (κ3) is 1.59. The molecule has 0 aromatic heterocycles. The molecular formula is C22H19OP. The highest BCUT2D eigenvalue weighted by Crippen LogP contribution is 2.70. The average Bonchev–Trinajstić information content (AvgIpc) is 2.93. The molecule has 5 rings (SSSR count). The van der Waals surface area contributed by atoms with Crippen LogP contribution in [0, 0.1) is 0 Å². The van der Waals surface area contributed by atoms with E-state index in [1.54, 1.807) is 0 Å². The second-order valence-electron chi connectivity index (χ2n) is 7.15. The molecule has 3 aromatic carbocycles. The molecule has 0 saturated carbocycles. The van der Waals surface area contributed by atoms with Gasteiger partial charge in [-0.25, -0.2) is 0 Å². The van der Waals surface area contributed by atoms with Crippen molar-refractivity contribution in [3.8, 4) is 0 Å². The van der Waals surface area contributed by atoms with E-state index in [1.165, 1.54) is 16.7 Å². The van der Waals surface area contributed by atoms with E-state index < -0.39 is 7.14 Å². The Bertz CT molecular complexity index is 992. The molecule has 0 N–H and O–H groups in total. The highest BCUT2D eigenvalue weighted by Gasteiger charge is 2.55. The average molecular weight is 330 g/mol. The Labute approximate surface area is 142 Å². The molecule has 1 nitrogen and oxygen atoms in total. The Balaban J connectivity index is 1.92. The van der Waals surface area contributed by atoms with Gasteiger partial charge < -0.3 is 4.57 Å². The summed E-state index contributed by atoms with van der Waals surface area (Å²) in [4.78, 5) is 0. The molecule has 0 amide bonds. The van der Waals surface area contributed by atoms with E-state index in [0.29, 0.717) is 0 Å². The van der Waals surface area contributed by atoms with Gasteiger partial charge in [0.1, 0.15) is 0 Å². The second-order valence-corrected chi connectivity index (χ2v) is 10.1. The fourth-order valence-electron chi connectivity index (χ4n) is 4.84. The van der Waals surface area contributed by atoms with Gasteiger partial charge in [-0.1, -0.05) is 85.8 Å². The molecule has 0 fully saturated rings. The summed E-state index contributed by atoms with van der Waals surface area (Å²) in [6.45, 7) is 2.32. The van der Waals surface area contributed by atoms with Crippen LogP contribution in [0.3, 0.4) is 0 Å². The predicted molar refractivity (Wildman–Crippen MR) is 100 cm³/mol. The van der Waals surface area contributed by atoms with Gasteiger partial charge in [-0.15, -0.1) is 0 Å². The lowest BCUT2D eigenvalue weighted by molar-refractivity contribution is 0.527. The van der Waals surface area contributed by atoms with Gasteiger partial charge >= 0.3 is 0 Å². The van der Waals surface area contributed by atoms with Crippen molar-refractivity contribution in [2.24, 2.45) is 0 Å². The lowest BCUT2D eigenvalue weighted by Gasteiger charge is -2.38. The first-order valence-electron chi connectivity index (χ1n) is 8.50. The second kappa shape index (κ2) is 4.71. The minimum atomic E-state index is -2.70. The number of benzene rings is 3. The number of hydrogen-bond donors (Lipinski definition) is 0. The van der Waals surface area contributed by atoms with Crippen molar-refractivity contribution in [2.45, 2.75) is 24.4 Å². The van der Waals surface area contributed by atoms with Gasteiger partial charge in [0.25, 0.3) is 0 Å². The summed E-state index contributed by atoms with van der Waals surface area (Å²) < 4.78 is 14.6. The molecule has 2 heteroatoms. The Hall–Kier alpha value is -2.11. The smallest absolute Gasteiger partial charge is 0.150 e. The maximum atomic E-state index is 14.6. The topological polar surface area (TPSA) is 17.1 Å². The Kier molecular flexibility index (Phi) is 2.80. The van der Waals surface area contributed by atoms with E-state index in [9.17, 15) is 4.57 Å². The van der Waals surface area contributed by atoms with Crippen LogP contribution in [0.5, 0.6) is 0 Å². The van der Waals surface area contributed by atoms with Crippen molar-refractivity contribution in [1.82, 2.24) is 0 Å². The van der Waals surface area contributed by atoms with Crippen LogP contribution in [0.4, 0.5) is 0 Å². The molecule has 0 saturated heterocycles. The van der Waals surface area contributed by atoms with Crippen molar-refractivity contribution in [3.63, 3.8) is 0 Å². The van der Waals surface area contributed by atoms with Crippen LogP contribution in [0.15, 0.2) is 78.9 Å². The van der Waals surface area contributed by atoms with Crippen LogP contribution >= 0.6 is 7.14 Å². The zero-order chi connectivity index (χ0) is 16.4. The van der Waals surface area contributed by atoms with E-state index in [4.69, 9.17) is 0 Å². The zero-order valence-corrected chi connectivity index (χ0v) is 14.5. The van der Waals surface area contributed by atoms with Gasteiger partial charge in [0.05, 0.1) is 0 Å². The largest absolute Gasteiger partial charge is 0.313 e. The minimum Gasteiger partial charge on any atom is -0.313 e. The first-order chi connectivity index (χ1) is 11.7. The van der Waals surface area contributed by atoms with Gasteiger partial charge in [0, 0.05) is 21.7 Å². The molecule has 1 aliphatic carbocycles. The number of rotatable bonds is 1. The normalized spacial score (nSPS) is 29.8. The Morgan fingerprint density at radius 2 is 1.46 bits per heavy atom. The molecule has 1 heterocycles. The first-order valence-corrected chi connectivity index (χ1v) is 10.3. The molecule has 0 spiro atoms. The summed E-state index contributed by atoms with van der Waals surface area (Å²) >= 11 is 0. The zero-order valence-electron chi connectivity index (χ0n) is 13.6. The maximum absolute atomic E-state index is 14.6. The first kappa shape index (κ1) is 14.3. The molecule has 118 valence electrons. The van der Waals surface area contributed by atoms with E-state index in [-0.39, 0.29) is 11.1 Å². The quantitative estimate of drug-likeness (QED) is 0.588. The van der Waals surface area contributed by atoms with Crippen LogP contribution in [-0.2, 0) is 9.98 Å². The van der Waals surface area contributed by atoms with Gasteiger partial charge in [-0.2, -0.15) is 0 Å². The van der Waals surface area contributed by atoms with E-state index in [0.717, 1.165) is 17.0 Å². The molecule has 3 atom stereocenters. The van der Waals surface area contributed by atoms with Crippen molar-refractivity contribution >= 4 is 17.8 Å². The molecule has 3 aromatic rings. The molecule has 0 radical (unpaired) electrons. The van der Waals surface area contributed by atoms with Crippen LogP contribution < -0.4 is 10.6 Å². The van der Waals surface area contributed by atoms with Crippen LogP contribution in [-0.4, -0.2) is 0 Å². The highest BCUT2D eigenvalue weighted by molar-refractivity contribution is 7.79. The third-order valence-corrected chi connectivity index (χ3v) is 9.46. The monoisotopic (exact) mass is 330 g/mol. The van der Waals surface area contributed by atoms with E-state index in [1.807, 2.05) is 36.4 Å². The van der Waals surface area contributed by atoms with E-state index >= 15 is 0 Å². The molecule has 2 aliphatic rings. The summed E-state index contributed by atoms with van der Waals surface area (Å²) in [5, 5.41) is 2.05. The van der Waals surface area contributed by atoms with Crippen molar-refractivity contribution < 1.29 is 4.57 Å². The Morgan fingerprint density at radius 1 is 0.833 bits per heavy atom. The fourth-order valence-corrected chi connectivity index (χ4v) is 8.66. The highest BCUT2D eigenvalue weighted by atomic mass is 31.2. The van der Waals surface area contributed by atoms with Crippen molar-refractivity contribution in [1.29, 1.82) is 0 Å². The minimum absolute atomic E-state index is 0.0272. The van der Waals surface area contributed by atoms with Gasteiger partial charge in [0.15, 0.2) is 7.14 Å². The maximum Gasteiger partial charge on any atom is 0.150 e. The van der Waals surface area contributed by atoms with Gasteiger partial charge in [0.2, 0.25) is 0 Å². The summed E-state index contributed by atoms with van der Waals surface area (Å²) in [5.41, 5.74) is 3.95. The van der Waals surface area contributed by atoms with Crippen molar-refractivity contribution in [2.75, 3.05) is 0 Å². The standard InChI is InChI=1S/C22H19OP/c1-22-15-21(17-11-5-6-12-18(17)22)24(23,16-9-3-2-4-10-16)20-14-8-7-13-19(20)22/h2-14,21H,15H2,1H3/t21-,22-,24-/m0/s1. The summed E-state index contributed by atoms with van der Waals surface area (Å²) in [5.74, 6) is 0. The third-order valence-electron chi connectivity index (χ3n) is 5.95. The predicted octanol–water partition coefficient (Wildman–Crippen LogP) is 4.76. The van der Waals surface area contributed by atoms with Crippen LogP contribution in [0.25, 0.3) is 0 Å². The summed E-state index contributed by atoms with van der Waals surface area (Å²) in [7, 11) is -2.70. The number of fused-ring (bicyclic) bond motifs is 2. The van der Waals surface area contributed by atoms with Gasteiger partial charge in [-0.05, 0) is 23.1 Å². The van der Waals surface area contributed by atoms with Crippen LogP contribution in [0.1, 0.15) is 35.7 Å². The molecular weight excluding hydrogens is 311 g/mol. The molecule has 24 heavy (non-hydrogen) atoms. The summed E-state index contributed by atoms with van der Waals surface area (Å²) in [6.07, 6.45) is 0.940.